The van der Waals surface area contributed by atoms with Gasteiger partial charge in [0.05, 0.1) is 12.7 Å². The number of hydrogen-bond acceptors (Lipinski definition) is 4. The van der Waals surface area contributed by atoms with Crippen LogP contribution in [0.2, 0.25) is 0 Å². The summed E-state index contributed by atoms with van der Waals surface area (Å²) in [5.74, 6) is -1.94. The highest BCUT2D eigenvalue weighted by Gasteiger charge is 2.15. The first-order valence-corrected chi connectivity index (χ1v) is 7.35. The number of amides is 1. The molecule has 0 aliphatic carbocycles. The summed E-state index contributed by atoms with van der Waals surface area (Å²) >= 11 is 3.28. The van der Waals surface area contributed by atoms with Crippen molar-refractivity contribution in [3.05, 3.63) is 58.3 Å². The number of carbonyl (C=O) groups is 2. The van der Waals surface area contributed by atoms with E-state index in [0.29, 0.717) is 5.69 Å². The third-order valence-electron chi connectivity index (χ3n) is 2.84. The van der Waals surface area contributed by atoms with Gasteiger partial charge in [-0.05, 0) is 30.3 Å². The molecule has 1 N–H and O–H groups in total. The molecule has 0 saturated carbocycles. The number of carbonyl (C=O) groups excluding carboxylic acids is 2. The summed E-state index contributed by atoms with van der Waals surface area (Å²) in [4.78, 5) is 23.5. The fourth-order valence-corrected chi connectivity index (χ4v) is 2.16. The number of esters is 1. The first-order valence-electron chi connectivity index (χ1n) is 6.55. The molecule has 120 valence electrons. The standard InChI is InChI=1S/C16H13BrFNO4/c1-22-12-5-6-13(14(18)8-12)16(21)23-9-15(20)19-11-4-2-3-10(17)7-11/h2-8H,9H2,1H3,(H,19,20). The molecule has 2 aromatic carbocycles. The second-order valence-electron chi connectivity index (χ2n) is 4.48. The first-order chi connectivity index (χ1) is 11.0. The highest BCUT2D eigenvalue weighted by molar-refractivity contribution is 9.10. The number of ether oxygens (including phenoxy) is 2. The van der Waals surface area contributed by atoms with Crippen molar-refractivity contribution in [2.75, 3.05) is 19.0 Å². The Bertz CT molecular complexity index is 736. The summed E-state index contributed by atoms with van der Waals surface area (Å²) in [6, 6.07) is 10.7. The zero-order valence-electron chi connectivity index (χ0n) is 12.1. The van der Waals surface area contributed by atoms with E-state index in [2.05, 4.69) is 21.2 Å². The summed E-state index contributed by atoms with van der Waals surface area (Å²) in [6.07, 6.45) is 0. The Balaban J connectivity index is 1.92. The molecule has 0 fully saturated rings. The van der Waals surface area contributed by atoms with E-state index in [4.69, 9.17) is 9.47 Å². The van der Waals surface area contributed by atoms with Gasteiger partial charge in [0.1, 0.15) is 11.6 Å². The fraction of sp³-hybridized carbons (Fsp3) is 0.125. The van der Waals surface area contributed by atoms with Crippen LogP contribution in [0.1, 0.15) is 10.4 Å². The van der Waals surface area contributed by atoms with Gasteiger partial charge < -0.3 is 14.8 Å². The molecule has 0 unspecified atom stereocenters. The molecule has 0 aromatic heterocycles. The molecule has 0 atom stereocenters. The summed E-state index contributed by atoms with van der Waals surface area (Å²) in [5.41, 5.74) is 0.289. The lowest BCUT2D eigenvalue weighted by Gasteiger charge is -2.08. The maximum Gasteiger partial charge on any atom is 0.341 e. The van der Waals surface area contributed by atoms with Crippen molar-refractivity contribution in [3.8, 4) is 5.75 Å². The van der Waals surface area contributed by atoms with Crippen LogP contribution in [0.4, 0.5) is 10.1 Å². The molecule has 23 heavy (non-hydrogen) atoms. The van der Waals surface area contributed by atoms with Gasteiger partial charge in [0.15, 0.2) is 6.61 Å². The van der Waals surface area contributed by atoms with Crippen LogP contribution in [0.25, 0.3) is 0 Å². The molecule has 0 spiro atoms. The van der Waals surface area contributed by atoms with Crippen LogP contribution < -0.4 is 10.1 Å². The second-order valence-corrected chi connectivity index (χ2v) is 5.40. The largest absolute Gasteiger partial charge is 0.497 e. The molecule has 1 amide bonds. The Morgan fingerprint density at radius 2 is 2.00 bits per heavy atom. The number of nitrogens with one attached hydrogen (secondary N) is 1. The van der Waals surface area contributed by atoms with Gasteiger partial charge >= 0.3 is 5.97 Å². The third kappa shape index (κ3) is 4.79. The second kappa shape index (κ2) is 7.73. The number of methoxy groups -OCH3 is 1. The zero-order valence-corrected chi connectivity index (χ0v) is 13.7. The predicted molar refractivity (Wildman–Crippen MR) is 86.0 cm³/mol. The zero-order chi connectivity index (χ0) is 16.8. The minimum absolute atomic E-state index is 0.263. The van der Waals surface area contributed by atoms with Gasteiger partial charge in [-0.2, -0.15) is 0 Å². The normalized spacial score (nSPS) is 10.0. The highest BCUT2D eigenvalue weighted by atomic mass is 79.9. The van der Waals surface area contributed by atoms with E-state index in [1.807, 2.05) is 6.07 Å². The molecule has 2 aromatic rings. The van der Waals surface area contributed by atoms with Crippen LogP contribution in [0, 0.1) is 5.82 Å². The maximum atomic E-state index is 13.7. The minimum atomic E-state index is -0.922. The number of benzene rings is 2. The van der Waals surface area contributed by atoms with Crippen LogP contribution in [-0.2, 0) is 9.53 Å². The molecule has 7 heteroatoms. The Kier molecular flexibility index (Phi) is 5.70. The van der Waals surface area contributed by atoms with E-state index in [0.717, 1.165) is 10.5 Å². The number of halogens is 2. The summed E-state index contributed by atoms with van der Waals surface area (Å²) in [6.45, 7) is -0.517. The molecule has 0 saturated heterocycles. The lowest BCUT2D eigenvalue weighted by molar-refractivity contribution is -0.119. The van der Waals surface area contributed by atoms with E-state index < -0.39 is 24.3 Å². The fourth-order valence-electron chi connectivity index (χ4n) is 1.76. The summed E-state index contributed by atoms with van der Waals surface area (Å²) < 4.78 is 24.2. The van der Waals surface area contributed by atoms with Crippen molar-refractivity contribution in [3.63, 3.8) is 0 Å². The van der Waals surface area contributed by atoms with Crippen molar-refractivity contribution in [1.82, 2.24) is 0 Å². The van der Waals surface area contributed by atoms with Crippen molar-refractivity contribution in [2.24, 2.45) is 0 Å². The van der Waals surface area contributed by atoms with Crippen molar-refractivity contribution < 1.29 is 23.5 Å². The Morgan fingerprint density at radius 1 is 1.22 bits per heavy atom. The third-order valence-corrected chi connectivity index (χ3v) is 3.33. The molecule has 0 bridgehead atoms. The molecule has 0 aliphatic rings. The predicted octanol–water partition coefficient (Wildman–Crippen LogP) is 3.39. The van der Waals surface area contributed by atoms with Crippen LogP contribution in [0.5, 0.6) is 5.75 Å². The topological polar surface area (TPSA) is 64.6 Å². The lowest BCUT2D eigenvalue weighted by Crippen LogP contribution is -2.21. The Morgan fingerprint density at radius 3 is 2.65 bits per heavy atom. The number of anilines is 1. The van der Waals surface area contributed by atoms with Crippen molar-refractivity contribution >= 4 is 33.5 Å². The highest BCUT2D eigenvalue weighted by Crippen LogP contribution is 2.17. The Labute approximate surface area is 140 Å². The SMILES string of the molecule is COc1ccc(C(=O)OCC(=O)Nc2cccc(Br)c2)c(F)c1. The molecular weight excluding hydrogens is 369 g/mol. The summed E-state index contributed by atoms with van der Waals surface area (Å²) in [7, 11) is 1.39. The van der Waals surface area contributed by atoms with E-state index >= 15 is 0 Å². The summed E-state index contributed by atoms with van der Waals surface area (Å²) in [5, 5.41) is 2.56. The van der Waals surface area contributed by atoms with Gasteiger partial charge in [0, 0.05) is 16.2 Å². The van der Waals surface area contributed by atoms with Gasteiger partial charge in [0.25, 0.3) is 5.91 Å². The lowest BCUT2D eigenvalue weighted by atomic mass is 10.2. The molecule has 0 heterocycles. The van der Waals surface area contributed by atoms with E-state index in [-0.39, 0.29) is 11.3 Å². The van der Waals surface area contributed by atoms with Crippen molar-refractivity contribution in [2.45, 2.75) is 0 Å². The van der Waals surface area contributed by atoms with E-state index in [1.165, 1.54) is 19.2 Å². The van der Waals surface area contributed by atoms with E-state index in [9.17, 15) is 14.0 Å². The average molecular weight is 382 g/mol. The van der Waals surface area contributed by atoms with Crippen LogP contribution in [-0.4, -0.2) is 25.6 Å². The monoisotopic (exact) mass is 381 g/mol. The van der Waals surface area contributed by atoms with E-state index in [1.54, 1.807) is 18.2 Å². The smallest absolute Gasteiger partial charge is 0.341 e. The van der Waals surface area contributed by atoms with Gasteiger partial charge in [-0.25, -0.2) is 9.18 Å². The molecular formula is C16H13BrFNO4. The first kappa shape index (κ1) is 17.0. The van der Waals surface area contributed by atoms with Gasteiger partial charge in [0.2, 0.25) is 0 Å². The molecule has 5 nitrogen and oxygen atoms in total. The van der Waals surface area contributed by atoms with Crippen LogP contribution in [0.3, 0.4) is 0 Å². The van der Waals surface area contributed by atoms with Gasteiger partial charge in [-0.1, -0.05) is 22.0 Å². The quantitative estimate of drug-likeness (QED) is 0.806. The average Bonchev–Trinajstić information content (AvgIpc) is 2.52. The number of hydrogen-bond donors (Lipinski definition) is 1. The molecule has 0 aliphatic heterocycles. The molecule has 0 radical (unpaired) electrons. The number of rotatable bonds is 5. The maximum absolute atomic E-state index is 13.7. The minimum Gasteiger partial charge on any atom is -0.497 e. The van der Waals surface area contributed by atoms with Crippen molar-refractivity contribution in [1.29, 1.82) is 0 Å². The van der Waals surface area contributed by atoms with Crippen LogP contribution in [0.15, 0.2) is 46.9 Å². The molecule has 2 rings (SSSR count). The van der Waals surface area contributed by atoms with Gasteiger partial charge in [-0.3, -0.25) is 4.79 Å². The van der Waals surface area contributed by atoms with Crippen LogP contribution >= 0.6 is 15.9 Å². The Hall–Kier alpha value is -2.41. The van der Waals surface area contributed by atoms with Gasteiger partial charge in [-0.15, -0.1) is 0 Å².